The molecule has 1 aromatic carbocycles. The summed E-state index contributed by atoms with van der Waals surface area (Å²) in [7, 11) is 1.67. The smallest absolute Gasteiger partial charge is 0.317 e. The number of hydrogen-bond acceptors (Lipinski definition) is 5. The lowest BCUT2D eigenvalue weighted by atomic mass is 9.85. The Bertz CT molecular complexity index is 1000. The highest BCUT2D eigenvalue weighted by Crippen LogP contribution is 2.36. The van der Waals surface area contributed by atoms with Crippen LogP contribution in [0.2, 0.25) is 0 Å². The maximum atomic E-state index is 13.9. The van der Waals surface area contributed by atoms with Crippen molar-refractivity contribution in [3.8, 4) is 5.75 Å². The molecule has 206 valence electrons. The third-order valence-corrected chi connectivity index (χ3v) is 7.05. The first-order valence-corrected chi connectivity index (χ1v) is 12.8. The summed E-state index contributed by atoms with van der Waals surface area (Å²) < 4.78 is 33.4. The molecule has 0 aromatic heterocycles. The molecule has 5 atom stereocenters. The summed E-state index contributed by atoms with van der Waals surface area (Å²) in [5, 5.41) is 8.64. The standard InChI is InChI=1S/C26H39F2N5O4/c1-7-11-30-25(36)33-14-20(37-16-8-9-17(27)18(28)13-16)21-19(33)10-12-32(21)24(35)22(26(3,4)5)31-23(34)15(2)29-6/h8-9,13,15,19-22,29H,7,10-12,14H2,1-6H3,(H,30,36)(H,31,34). The highest BCUT2D eigenvalue weighted by Gasteiger charge is 2.54. The predicted octanol–water partition coefficient (Wildman–Crippen LogP) is 2.26. The number of likely N-dealkylation sites (N-methyl/N-ethyl adjacent to an activating group) is 1. The molecule has 4 amide bonds. The van der Waals surface area contributed by atoms with E-state index in [0.29, 0.717) is 19.5 Å². The first-order valence-electron chi connectivity index (χ1n) is 12.8. The summed E-state index contributed by atoms with van der Waals surface area (Å²) in [6.07, 6.45) is 0.636. The number of urea groups is 1. The highest BCUT2D eigenvalue weighted by molar-refractivity contribution is 5.90. The molecule has 2 aliphatic heterocycles. The lowest BCUT2D eigenvalue weighted by Crippen LogP contribution is -2.59. The van der Waals surface area contributed by atoms with Gasteiger partial charge in [-0.3, -0.25) is 9.59 Å². The molecular formula is C26H39F2N5O4. The van der Waals surface area contributed by atoms with Crippen LogP contribution in [0.25, 0.3) is 0 Å². The number of likely N-dealkylation sites (tertiary alicyclic amines) is 2. The SMILES string of the molecule is CCCNC(=O)N1CC(Oc2ccc(F)c(F)c2)C2C1CCN2C(=O)C(NC(=O)C(C)NC)C(C)(C)C. The molecule has 2 saturated heterocycles. The summed E-state index contributed by atoms with van der Waals surface area (Å²) in [5.41, 5.74) is -0.592. The van der Waals surface area contributed by atoms with Crippen LogP contribution in [0, 0.1) is 17.0 Å². The fourth-order valence-electron chi connectivity index (χ4n) is 4.89. The number of carbonyl (C=O) groups excluding carboxylic acids is 3. The second-order valence-electron chi connectivity index (χ2n) is 10.8. The van der Waals surface area contributed by atoms with Crippen LogP contribution in [0.5, 0.6) is 5.75 Å². The van der Waals surface area contributed by atoms with Crippen molar-refractivity contribution in [2.75, 3.05) is 26.7 Å². The molecule has 0 radical (unpaired) electrons. The average molecular weight is 524 g/mol. The van der Waals surface area contributed by atoms with Crippen LogP contribution >= 0.6 is 0 Å². The van der Waals surface area contributed by atoms with E-state index in [0.717, 1.165) is 18.6 Å². The third kappa shape index (κ3) is 6.31. The first-order chi connectivity index (χ1) is 17.4. The molecule has 0 bridgehead atoms. The molecule has 0 saturated carbocycles. The minimum Gasteiger partial charge on any atom is -0.486 e. The molecular weight excluding hydrogens is 484 g/mol. The average Bonchev–Trinajstić information content (AvgIpc) is 3.43. The van der Waals surface area contributed by atoms with E-state index >= 15 is 0 Å². The van der Waals surface area contributed by atoms with Crippen molar-refractivity contribution in [1.82, 2.24) is 25.8 Å². The van der Waals surface area contributed by atoms with E-state index in [9.17, 15) is 23.2 Å². The number of amides is 4. The Hall–Kier alpha value is -2.95. The molecule has 37 heavy (non-hydrogen) atoms. The number of rotatable bonds is 8. The largest absolute Gasteiger partial charge is 0.486 e. The number of hydrogen-bond donors (Lipinski definition) is 3. The fourth-order valence-corrected chi connectivity index (χ4v) is 4.89. The lowest BCUT2D eigenvalue weighted by molar-refractivity contribution is -0.141. The molecule has 2 fully saturated rings. The Kier molecular flexibility index (Phi) is 8.99. The number of halogens is 2. The zero-order chi connectivity index (χ0) is 27.5. The lowest BCUT2D eigenvalue weighted by Gasteiger charge is -2.37. The van der Waals surface area contributed by atoms with Gasteiger partial charge in [0.25, 0.3) is 0 Å². The summed E-state index contributed by atoms with van der Waals surface area (Å²) in [6, 6.07) is 0.869. The highest BCUT2D eigenvalue weighted by atomic mass is 19.2. The summed E-state index contributed by atoms with van der Waals surface area (Å²) in [5.74, 6) is -2.49. The van der Waals surface area contributed by atoms with E-state index in [2.05, 4.69) is 16.0 Å². The van der Waals surface area contributed by atoms with Crippen molar-refractivity contribution < 1.29 is 27.9 Å². The Balaban J connectivity index is 1.91. The van der Waals surface area contributed by atoms with Gasteiger partial charge >= 0.3 is 6.03 Å². The second-order valence-corrected chi connectivity index (χ2v) is 10.8. The van der Waals surface area contributed by atoms with Gasteiger partial charge in [-0.05, 0) is 44.4 Å². The van der Waals surface area contributed by atoms with Crippen LogP contribution in [-0.4, -0.2) is 84.6 Å². The van der Waals surface area contributed by atoms with E-state index in [-0.39, 0.29) is 36.2 Å². The van der Waals surface area contributed by atoms with E-state index in [1.807, 2.05) is 27.7 Å². The molecule has 5 unspecified atom stereocenters. The van der Waals surface area contributed by atoms with Crippen molar-refractivity contribution >= 4 is 17.8 Å². The predicted molar refractivity (Wildman–Crippen MR) is 135 cm³/mol. The fraction of sp³-hybridized carbons (Fsp3) is 0.654. The van der Waals surface area contributed by atoms with Gasteiger partial charge in [-0.1, -0.05) is 27.7 Å². The summed E-state index contributed by atoms with van der Waals surface area (Å²) in [6.45, 7) is 10.3. The monoisotopic (exact) mass is 523 g/mol. The van der Waals surface area contributed by atoms with Crippen molar-refractivity contribution in [2.45, 2.75) is 77.7 Å². The van der Waals surface area contributed by atoms with Gasteiger partial charge in [-0.2, -0.15) is 0 Å². The molecule has 0 aliphatic carbocycles. The Labute approximate surface area is 217 Å². The van der Waals surface area contributed by atoms with Crippen LogP contribution in [0.4, 0.5) is 13.6 Å². The summed E-state index contributed by atoms with van der Waals surface area (Å²) in [4.78, 5) is 42.9. The van der Waals surface area contributed by atoms with E-state index in [4.69, 9.17) is 4.74 Å². The van der Waals surface area contributed by atoms with Gasteiger partial charge < -0.3 is 30.5 Å². The number of benzene rings is 1. The summed E-state index contributed by atoms with van der Waals surface area (Å²) >= 11 is 0. The molecule has 11 heteroatoms. The van der Waals surface area contributed by atoms with Gasteiger partial charge in [0.05, 0.1) is 24.7 Å². The van der Waals surface area contributed by atoms with Gasteiger partial charge in [0.15, 0.2) is 11.6 Å². The van der Waals surface area contributed by atoms with E-state index in [1.54, 1.807) is 23.8 Å². The van der Waals surface area contributed by atoms with Crippen LogP contribution < -0.4 is 20.7 Å². The molecule has 2 aliphatic rings. The van der Waals surface area contributed by atoms with E-state index in [1.165, 1.54) is 6.07 Å². The molecule has 1 aromatic rings. The molecule has 2 heterocycles. The van der Waals surface area contributed by atoms with Gasteiger partial charge in [-0.25, -0.2) is 13.6 Å². The minimum atomic E-state index is -1.04. The zero-order valence-corrected chi connectivity index (χ0v) is 22.4. The quantitative estimate of drug-likeness (QED) is 0.485. The Morgan fingerprint density at radius 3 is 2.46 bits per heavy atom. The van der Waals surface area contributed by atoms with Crippen LogP contribution in [0.1, 0.15) is 47.5 Å². The van der Waals surface area contributed by atoms with Gasteiger partial charge in [-0.15, -0.1) is 0 Å². The van der Waals surface area contributed by atoms with Gasteiger partial charge in [0.1, 0.15) is 17.9 Å². The number of nitrogens with one attached hydrogen (secondary N) is 3. The van der Waals surface area contributed by atoms with Crippen molar-refractivity contribution in [3.63, 3.8) is 0 Å². The molecule has 3 N–H and O–H groups in total. The number of nitrogens with zero attached hydrogens (tertiary/aromatic N) is 2. The van der Waals surface area contributed by atoms with Crippen LogP contribution in [0.15, 0.2) is 18.2 Å². The van der Waals surface area contributed by atoms with Crippen LogP contribution in [-0.2, 0) is 9.59 Å². The molecule has 0 spiro atoms. The molecule has 3 rings (SSSR count). The normalized spacial score (nSPS) is 22.9. The van der Waals surface area contributed by atoms with Crippen molar-refractivity contribution in [1.29, 1.82) is 0 Å². The molecule has 9 nitrogen and oxygen atoms in total. The Morgan fingerprint density at radius 2 is 1.86 bits per heavy atom. The number of carbonyl (C=O) groups is 3. The van der Waals surface area contributed by atoms with E-state index < -0.39 is 41.3 Å². The number of fused-ring (bicyclic) bond motifs is 1. The number of ether oxygens (including phenoxy) is 1. The van der Waals surface area contributed by atoms with Crippen LogP contribution in [0.3, 0.4) is 0 Å². The maximum absolute atomic E-state index is 13.9. The van der Waals surface area contributed by atoms with Gasteiger partial charge in [0, 0.05) is 19.2 Å². The Morgan fingerprint density at radius 1 is 1.16 bits per heavy atom. The second kappa shape index (κ2) is 11.6. The maximum Gasteiger partial charge on any atom is 0.317 e. The van der Waals surface area contributed by atoms with Crippen molar-refractivity contribution in [3.05, 3.63) is 29.8 Å². The first kappa shape index (κ1) is 28.6. The topological polar surface area (TPSA) is 103 Å². The van der Waals surface area contributed by atoms with Crippen molar-refractivity contribution in [2.24, 2.45) is 5.41 Å². The van der Waals surface area contributed by atoms with Gasteiger partial charge in [0.2, 0.25) is 11.8 Å². The minimum absolute atomic E-state index is 0.112. The third-order valence-electron chi connectivity index (χ3n) is 7.05. The zero-order valence-electron chi connectivity index (χ0n) is 22.4.